The van der Waals surface area contributed by atoms with Gasteiger partial charge in [-0.05, 0) is 25.0 Å². The minimum absolute atomic E-state index is 0.0746. The SMILES string of the molecule is O=C1CC(C(F)(F)F)N(C(=O)COC(=O)C2CCCCC2)c2ccccc2N1. The van der Waals surface area contributed by atoms with Gasteiger partial charge in [0.25, 0.3) is 5.91 Å². The van der Waals surface area contributed by atoms with Crippen molar-refractivity contribution < 1.29 is 32.3 Å². The summed E-state index contributed by atoms with van der Waals surface area (Å²) in [5, 5.41) is 2.39. The Kier molecular flexibility index (Phi) is 5.90. The minimum Gasteiger partial charge on any atom is -0.455 e. The summed E-state index contributed by atoms with van der Waals surface area (Å²) < 4.78 is 45.9. The molecule has 0 spiro atoms. The van der Waals surface area contributed by atoms with Crippen LogP contribution in [-0.2, 0) is 19.1 Å². The Morgan fingerprint density at radius 2 is 1.82 bits per heavy atom. The molecule has 1 heterocycles. The number of halogens is 3. The second-order valence-corrected chi connectivity index (χ2v) is 7.03. The number of anilines is 2. The highest BCUT2D eigenvalue weighted by Crippen LogP contribution is 2.37. The highest BCUT2D eigenvalue weighted by Gasteiger charge is 2.49. The monoisotopic (exact) mass is 398 g/mol. The van der Waals surface area contributed by atoms with E-state index in [1.807, 2.05) is 0 Å². The summed E-state index contributed by atoms with van der Waals surface area (Å²) in [5.74, 6) is -2.74. The topological polar surface area (TPSA) is 75.7 Å². The molecule has 1 aliphatic heterocycles. The van der Waals surface area contributed by atoms with Crippen molar-refractivity contribution in [2.75, 3.05) is 16.8 Å². The summed E-state index contributed by atoms with van der Waals surface area (Å²) in [6.07, 6.45) is -1.64. The molecule has 0 radical (unpaired) electrons. The van der Waals surface area contributed by atoms with Crippen molar-refractivity contribution in [3.8, 4) is 0 Å². The lowest BCUT2D eigenvalue weighted by Crippen LogP contribution is -2.51. The quantitative estimate of drug-likeness (QED) is 0.792. The van der Waals surface area contributed by atoms with E-state index >= 15 is 0 Å². The first-order valence-corrected chi connectivity index (χ1v) is 9.21. The Balaban J connectivity index is 1.81. The summed E-state index contributed by atoms with van der Waals surface area (Å²) in [6, 6.07) is 3.41. The van der Waals surface area contributed by atoms with Crippen molar-refractivity contribution in [1.82, 2.24) is 0 Å². The van der Waals surface area contributed by atoms with Gasteiger partial charge in [-0.2, -0.15) is 13.2 Å². The lowest BCUT2D eigenvalue weighted by molar-refractivity contribution is -0.161. The first-order chi connectivity index (χ1) is 13.3. The number of rotatable bonds is 3. The number of para-hydroxylation sites is 2. The van der Waals surface area contributed by atoms with Crippen molar-refractivity contribution in [2.24, 2.45) is 5.92 Å². The third kappa shape index (κ3) is 4.45. The molecular formula is C19H21F3N2O4. The maximum Gasteiger partial charge on any atom is 0.409 e. The molecule has 0 saturated heterocycles. The van der Waals surface area contributed by atoms with Crippen LogP contribution in [0.4, 0.5) is 24.5 Å². The van der Waals surface area contributed by atoms with Gasteiger partial charge in [-0.3, -0.25) is 19.3 Å². The van der Waals surface area contributed by atoms with Crippen molar-refractivity contribution in [1.29, 1.82) is 0 Å². The predicted molar refractivity (Wildman–Crippen MR) is 94.6 cm³/mol. The van der Waals surface area contributed by atoms with Gasteiger partial charge in [-0.1, -0.05) is 31.4 Å². The van der Waals surface area contributed by atoms with E-state index in [9.17, 15) is 27.6 Å². The summed E-state index contributed by atoms with van der Waals surface area (Å²) in [5.41, 5.74) is 0.0283. The average molecular weight is 398 g/mol. The van der Waals surface area contributed by atoms with Gasteiger partial charge >= 0.3 is 12.1 Å². The molecule has 28 heavy (non-hydrogen) atoms. The maximum absolute atomic E-state index is 13.6. The molecule has 3 rings (SSSR count). The molecule has 1 aromatic rings. The molecule has 0 aromatic heterocycles. The Labute approximate surface area is 160 Å². The summed E-state index contributed by atoms with van der Waals surface area (Å²) in [6.45, 7) is -0.801. The van der Waals surface area contributed by atoms with E-state index in [1.165, 1.54) is 18.2 Å². The Bertz CT molecular complexity index is 760. The van der Waals surface area contributed by atoms with Crippen molar-refractivity contribution in [3.05, 3.63) is 24.3 Å². The molecular weight excluding hydrogens is 377 g/mol. The summed E-state index contributed by atoms with van der Waals surface area (Å²) in [7, 11) is 0. The number of ether oxygens (including phenoxy) is 1. The van der Waals surface area contributed by atoms with Crippen molar-refractivity contribution >= 4 is 29.2 Å². The zero-order chi connectivity index (χ0) is 20.3. The molecule has 1 saturated carbocycles. The van der Waals surface area contributed by atoms with Gasteiger partial charge in [0.05, 0.1) is 23.7 Å². The van der Waals surface area contributed by atoms with Crippen LogP contribution in [0, 0.1) is 5.92 Å². The van der Waals surface area contributed by atoms with Gasteiger partial charge < -0.3 is 10.1 Å². The third-order valence-electron chi connectivity index (χ3n) is 5.05. The maximum atomic E-state index is 13.6. The van der Waals surface area contributed by atoms with Crippen LogP contribution in [0.1, 0.15) is 38.5 Å². The second kappa shape index (κ2) is 8.20. The Morgan fingerprint density at radius 1 is 1.14 bits per heavy atom. The number of hydrogen-bond acceptors (Lipinski definition) is 4. The molecule has 0 bridgehead atoms. The number of hydrogen-bond donors (Lipinski definition) is 1. The number of carbonyl (C=O) groups is 3. The first kappa shape index (κ1) is 20.2. The standard InChI is InChI=1S/C19H21F3N2O4/c20-19(21,22)15-10-16(25)23-13-8-4-5-9-14(13)24(15)17(26)11-28-18(27)12-6-2-1-3-7-12/h4-5,8-9,12,15H,1-3,6-7,10-11H2,(H,23,25). The van der Waals surface area contributed by atoms with Crippen LogP contribution in [0.15, 0.2) is 24.3 Å². The van der Waals surface area contributed by atoms with Crippen LogP contribution in [0.3, 0.4) is 0 Å². The fourth-order valence-corrected chi connectivity index (χ4v) is 3.65. The number of amides is 2. The van der Waals surface area contributed by atoms with E-state index in [0.29, 0.717) is 17.7 Å². The highest BCUT2D eigenvalue weighted by atomic mass is 19.4. The van der Waals surface area contributed by atoms with Crippen molar-refractivity contribution in [3.63, 3.8) is 0 Å². The number of alkyl halides is 3. The number of carbonyl (C=O) groups excluding carboxylic acids is 3. The molecule has 1 atom stereocenters. The van der Waals surface area contributed by atoms with Gasteiger partial charge in [0, 0.05) is 0 Å². The fraction of sp³-hybridized carbons (Fsp3) is 0.526. The van der Waals surface area contributed by atoms with E-state index in [4.69, 9.17) is 4.74 Å². The second-order valence-electron chi connectivity index (χ2n) is 7.03. The molecule has 1 fully saturated rings. The zero-order valence-corrected chi connectivity index (χ0v) is 15.1. The molecule has 1 aliphatic carbocycles. The van der Waals surface area contributed by atoms with Crippen molar-refractivity contribution in [2.45, 2.75) is 50.7 Å². The normalized spacial score (nSPS) is 20.8. The number of benzene rings is 1. The molecule has 2 aliphatic rings. The highest BCUT2D eigenvalue weighted by molar-refractivity contribution is 6.05. The van der Waals surface area contributed by atoms with Gasteiger partial charge in [0.2, 0.25) is 5.91 Å². The van der Waals surface area contributed by atoms with Gasteiger partial charge in [0.1, 0.15) is 6.04 Å². The molecule has 152 valence electrons. The lowest BCUT2D eigenvalue weighted by Gasteiger charge is -2.31. The molecule has 6 nitrogen and oxygen atoms in total. The van der Waals surface area contributed by atoms with Crippen LogP contribution in [0.25, 0.3) is 0 Å². The van der Waals surface area contributed by atoms with Crippen LogP contribution in [-0.4, -0.2) is 36.6 Å². The molecule has 1 aromatic carbocycles. The van der Waals surface area contributed by atoms with Crippen LogP contribution >= 0.6 is 0 Å². The largest absolute Gasteiger partial charge is 0.455 e. The summed E-state index contributed by atoms with van der Waals surface area (Å²) in [4.78, 5) is 37.2. The van der Waals surface area contributed by atoms with Crippen LogP contribution in [0.5, 0.6) is 0 Å². The average Bonchev–Trinajstić information content (AvgIpc) is 2.82. The van der Waals surface area contributed by atoms with Crippen LogP contribution < -0.4 is 10.2 Å². The lowest BCUT2D eigenvalue weighted by atomic mass is 9.89. The Hall–Kier alpha value is -2.58. The minimum atomic E-state index is -4.82. The number of nitrogens with zero attached hydrogens (tertiary/aromatic N) is 1. The predicted octanol–water partition coefficient (Wildman–Crippen LogP) is 3.42. The number of nitrogens with one attached hydrogen (secondary N) is 1. The smallest absolute Gasteiger partial charge is 0.409 e. The zero-order valence-electron chi connectivity index (χ0n) is 15.1. The van der Waals surface area contributed by atoms with Crippen LogP contribution in [0.2, 0.25) is 0 Å². The molecule has 2 amide bonds. The fourth-order valence-electron chi connectivity index (χ4n) is 3.65. The van der Waals surface area contributed by atoms with E-state index in [2.05, 4.69) is 5.32 Å². The molecule has 1 unspecified atom stereocenters. The van der Waals surface area contributed by atoms with E-state index < -0.39 is 43.0 Å². The summed E-state index contributed by atoms with van der Waals surface area (Å²) >= 11 is 0. The van der Waals surface area contributed by atoms with Gasteiger partial charge in [-0.15, -0.1) is 0 Å². The van der Waals surface area contributed by atoms with E-state index in [-0.39, 0.29) is 17.3 Å². The van der Waals surface area contributed by atoms with Gasteiger partial charge in [-0.25, -0.2) is 0 Å². The molecule has 9 heteroatoms. The van der Waals surface area contributed by atoms with E-state index in [1.54, 1.807) is 6.07 Å². The third-order valence-corrected chi connectivity index (χ3v) is 5.05. The van der Waals surface area contributed by atoms with Gasteiger partial charge in [0.15, 0.2) is 6.61 Å². The number of esters is 1. The number of fused-ring (bicyclic) bond motifs is 1. The Morgan fingerprint density at radius 3 is 2.50 bits per heavy atom. The van der Waals surface area contributed by atoms with E-state index in [0.717, 1.165) is 19.3 Å². The molecule has 1 N–H and O–H groups in total. The first-order valence-electron chi connectivity index (χ1n) is 9.21.